The number of amides is 1. The van der Waals surface area contributed by atoms with Crippen molar-refractivity contribution in [3.63, 3.8) is 0 Å². The Morgan fingerprint density at radius 1 is 1.17 bits per heavy atom. The maximum absolute atomic E-state index is 13.2. The predicted octanol–water partition coefficient (Wildman–Crippen LogP) is 0.594. The van der Waals surface area contributed by atoms with Crippen LogP contribution in [0, 0.1) is 5.82 Å². The molecule has 2 heterocycles. The van der Waals surface area contributed by atoms with Gasteiger partial charge in [0.2, 0.25) is 16.1 Å². The number of likely N-dealkylation sites (tertiary alicyclic amines) is 1. The van der Waals surface area contributed by atoms with Gasteiger partial charge in [0, 0.05) is 26.2 Å². The van der Waals surface area contributed by atoms with E-state index >= 15 is 0 Å². The van der Waals surface area contributed by atoms with Crippen LogP contribution in [0.2, 0.25) is 0 Å². The van der Waals surface area contributed by atoms with Gasteiger partial charge in [-0.05, 0) is 37.1 Å². The highest BCUT2D eigenvalue weighted by molar-refractivity contribution is 7.89. The molecule has 35 heavy (non-hydrogen) atoms. The van der Waals surface area contributed by atoms with Gasteiger partial charge in [-0.25, -0.2) is 17.6 Å². The first kappa shape index (κ1) is 27.8. The Bertz CT molecular complexity index is 1060. The normalized spacial score (nSPS) is 20.6. The minimum Gasteiger partial charge on any atom is -0.790 e. The summed E-state index contributed by atoms with van der Waals surface area (Å²) in [6, 6.07) is 4.29. The Morgan fingerprint density at radius 3 is 2.31 bits per heavy atom. The summed E-state index contributed by atoms with van der Waals surface area (Å²) in [5.41, 5.74) is -1.01. The van der Waals surface area contributed by atoms with E-state index in [0.717, 1.165) is 29.2 Å². The molecule has 1 atom stereocenters. The summed E-state index contributed by atoms with van der Waals surface area (Å²) in [6.07, 6.45) is -9.44. The monoisotopic (exact) mass is 548 g/mol. The van der Waals surface area contributed by atoms with Crippen LogP contribution in [0.5, 0.6) is 0 Å². The number of benzene rings is 1. The second-order valence-corrected chi connectivity index (χ2v) is 11.1. The van der Waals surface area contributed by atoms with Crippen molar-refractivity contribution in [1.82, 2.24) is 9.21 Å². The summed E-state index contributed by atoms with van der Waals surface area (Å²) in [4.78, 5) is 34.0. The molecule has 17 heteroatoms. The molecule has 1 aromatic carbocycles. The molecule has 1 aromatic rings. The van der Waals surface area contributed by atoms with Gasteiger partial charge in [-0.1, -0.05) is 0 Å². The minimum absolute atomic E-state index is 0.0306. The Balaban J connectivity index is 1.62. The van der Waals surface area contributed by atoms with Gasteiger partial charge in [-0.15, -0.1) is 0 Å². The lowest BCUT2D eigenvalue weighted by atomic mass is 9.90. The lowest BCUT2D eigenvalue weighted by Gasteiger charge is -2.46. The molecule has 0 aliphatic carbocycles. The summed E-state index contributed by atoms with van der Waals surface area (Å²) in [5.74, 6) is -0.601. The number of carbonyl (C=O) groups excluding carboxylic acids is 1. The molecule has 11 nitrogen and oxygen atoms in total. The van der Waals surface area contributed by atoms with E-state index in [1.807, 2.05) is 0 Å². The number of ether oxygens (including phenoxy) is 2. The van der Waals surface area contributed by atoms with E-state index in [1.54, 1.807) is 0 Å². The molecule has 3 rings (SSSR count). The summed E-state index contributed by atoms with van der Waals surface area (Å²) >= 11 is 0. The third kappa shape index (κ3) is 7.12. The number of sulfonamides is 1. The van der Waals surface area contributed by atoms with Gasteiger partial charge < -0.3 is 33.2 Å². The molecule has 0 bridgehead atoms. The molecule has 0 aromatic heterocycles. The van der Waals surface area contributed by atoms with Gasteiger partial charge in [-0.3, -0.25) is 0 Å². The van der Waals surface area contributed by atoms with E-state index < -0.39 is 54.2 Å². The molecule has 1 amide bonds. The Kier molecular flexibility index (Phi) is 8.16. The standard InChI is InChI=1S/C18H23F4N2O9PS/c19-13-1-3-14(4-2-13)35(29,30)24-9-10-31-17(12-24)5-7-23(8-6-17)16(25)33-15(18(20,21)22)11-32-34(26,27)28/h1-4,15H,5-12H2,(H2,26,27,28)/p-2/t15-/m1/s1. The van der Waals surface area contributed by atoms with Crippen molar-refractivity contribution in [3.8, 4) is 0 Å². The van der Waals surface area contributed by atoms with Gasteiger partial charge in [0.1, 0.15) is 5.82 Å². The first-order valence-corrected chi connectivity index (χ1v) is 13.1. The molecule has 0 N–H and O–H groups in total. The summed E-state index contributed by atoms with van der Waals surface area (Å²) in [7, 11) is -9.69. The predicted molar refractivity (Wildman–Crippen MR) is 105 cm³/mol. The fourth-order valence-electron chi connectivity index (χ4n) is 3.72. The minimum atomic E-state index is -5.73. The van der Waals surface area contributed by atoms with Gasteiger partial charge in [0.05, 0.1) is 31.5 Å². The zero-order chi connectivity index (χ0) is 26.1. The van der Waals surface area contributed by atoms with Gasteiger partial charge in [0.25, 0.3) is 0 Å². The quantitative estimate of drug-likeness (QED) is 0.368. The van der Waals surface area contributed by atoms with E-state index in [4.69, 9.17) is 4.74 Å². The van der Waals surface area contributed by atoms with Crippen molar-refractivity contribution in [3.05, 3.63) is 30.1 Å². The van der Waals surface area contributed by atoms with Crippen LogP contribution in [-0.2, 0) is 28.6 Å². The molecular weight excluding hydrogens is 527 g/mol. The fraction of sp³-hybridized carbons (Fsp3) is 0.611. The van der Waals surface area contributed by atoms with Crippen molar-refractivity contribution in [2.45, 2.75) is 35.6 Å². The van der Waals surface area contributed by atoms with Crippen LogP contribution in [-0.4, -0.2) is 81.0 Å². The van der Waals surface area contributed by atoms with Crippen LogP contribution < -0.4 is 9.79 Å². The zero-order valence-electron chi connectivity index (χ0n) is 18.0. The number of phosphoric acid groups is 1. The fourth-order valence-corrected chi connectivity index (χ4v) is 5.54. The Hall–Kier alpha value is -1.81. The third-order valence-electron chi connectivity index (χ3n) is 5.59. The lowest BCUT2D eigenvalue weighted by molar-refractivity contribution is -0.344. The van der Waals surface area contributed by atoms with Crippen LogP contribution in [0.4, 0.5) is 22.4 Å². The van der Waals surface area contributed by atoms with Crippen molar-refractivity contribution in [1.29, 1.82) is 0 Å². The molecule has 0 unspecified atom stereocenters. The number of morpholine rings is 1. The highest BCUT2D eigenvalue weighted by Crippen LogP contribution is 2.34. The SMILES string of the molecule is O=C(O[C@H](COP(=O)([O-])[O-])C(F)(F)F)N1CCC2(CC1)CN(S(=O)(=O)c1ccc(F)cc1)CCO2. The average molecular weight is 548 g/mol. The van der Waals surface area contributed by atoms with Crippen molar-refractivity contribution in [2.24, 2.45) is 0 Å². The number of nitrogens with zero attached hydrogens (tertiary/aromatic N) is 2. The maximum atomic E-state index is 13.2. The number of hydrogen-bond acceptors (Lipinski definition) is 9. The van der Waals surface area contributed by atoms with Crippen LogP contribution >= 0.6 is 7.82 Å². The average Bonchev–Trinajstić information content (AvgIpc) is 2.76. The van der Waals surface area contributed by atoms with Gasteiger partial charge in [0.15, 0.2) is 0 Å². The summed E-state index contributed by atoms with van der Waals surface area (Å²) in [5, 5.41) is 0. The van der Waals surface area contributed by atoms with E-state index in [2.05, 4.69) is 9.26 Å². The van der Waals surface area contributed by atoms with Crippen molar-refractivity contribution in [2.75, 3.05) is 39.4 Å². The Labute approximate surface area is 197 Å². The number of alkyl halides is 3. The molecule has 0 radical (unpaired) electrons. The molecule has 2 saturated heterocycles. The molecule has 2 fully saturated rings. The highest BCUT2D eigenvalue weighted by atomic mass is 32.2. The van der Waals surface area contributed by atoms with Gasteiger partial charge in [-0.2, -0.15) is 17.5 Å². The van der Waals surface area contributed by atoms with Crippen molar-refractivity contribution >= 4 is 23.9 Å². The second kappa shape index (κ2) is 10.3. The van der Waals surface area contributed by atoms with Gasteiger partial charge >= 0.3 is 12.3 Å². The summed E-state index contributed by atoms with van der Waals surface area (Å²) < 4.78 is 104. The molecule has 2 aliphatic heterocycles. The van der Waals surface area contributed by atoms with E-state index in [1.165, 1.54) is 4.31 Å². The number of phosphoric ester groups is 1. The smallest absolute Gasteiger partial charge is 0.427 e. The number of carbonyl (C=O) groups is 1. The maximum Gasteiger partial charge on any atom is 0.427 e. The molecule has 1 spiro atoms. The molecule has 0 saturated carbocycles. The highest BCUT2D eigenvalue weighted by Gasteiger charge is 2.47. The zero-order valence-corrected chi connectivity index (χ0v) is 19.7. The lowest BCUT2D eigenvalue weighted by Crippen LogP contribution is -2.58. The third-order valence-corrected chi connectivity index (χ3v) is 7.91. The van der Waals surface area contributed by atoms with Crippen LogP contribution in [0.25, 0.3) is 0 Å². The number of rotatable bonds is 6. The van der Waals surface area contributed by atoms with E-state index in [-0.39, 0.29) is 50.5 Å². The van der Waals surface area contributed by atoms with Crippen LogP contribution in [0.3, 0.4) is 0 Å². The summed E-state index contributed by atoms with van der Waals surface area (Å²) in [6.45, 7) is -2.02. The van der Waals surface area contributed by atoms with Crippen LogP contribution in [0.15, 0.2) is 29.2 Å². The van der Waals surface area contributed by atoms with Crippen LogP contribution in [0.1, 0.15) is 12.8 Å². The first-order valence-electron chi connectivity index (χ1n) is 10.2. The first-order chi connectivity index (χ1) is 16.1. The molecule has 2 aliphatic rings. The second-order valence-electron chi connectivity index (χ2n) is 7.97. The molecule has 198 valence electrons. The largest absolute Gasteiger partial charge is 0.790 e. The topological polar surface area (TPSA) is 149 Å². The van der Waals surface area contributed by atoms with Crippen molar-refractivity contribution < 1.29 is 59.1 Å². The van der Waals surface area contributed by atoms with E-state index in [9.17, 15) is 45.1 Å². The number of piperidine rings is 1. The van der Waals surface area contributed by atoms with E-state index in [0.29, 0.717) is 0 Å². The number of halogens is 4. The number of hydrogen-bond donors (Lipinski definition) is 0. The Morgan fingerprint density at radius 2 is 1.77 bits per heavy atom. The molecular formula is C18H21F4N2O9PS-2.